The standard InChI is InChI=1S/C19H32N4.HI/c1-15-9-11-23(12-10-15)14-17-8-6-5-7-16(17)13-21-18(20)22-19(2,3)4;/h5-8,15H,9-14H2,1-4H3,(H3,20,21,22);1H. The van der Waals surface area contributed by atoms with Crippen LogP contribution in [0.3, 0.4) is 0 Å². The Balaban J connectivity index is 0.00000288. The maximum atomic E-state index is 5.99. The van der Waals surface area contributed by atoms with Gasteiger partial charge in [0.05, 0.1) is 6.54 Å². The summed E-state index contributed by atoms with van der Waals surface area (Å²) >= 11 is 0. The lowest BCUT2D eigenvalue weighted by atomic mass is 9.98. The van der Waals surface area contributed by atoms with Gasteiger partial charge in [0.25, 0.3) is 0 Å². The number of nitrogens with two attached hydrogens (primary N) is 1. The highest BCUT2D eigenvalue weighted by Crippen LogP contribution is 2.20. The van der Waals surface area contributed by atoms with E-state index in [2.05, 4.69) is 67.2 Å². The summed E-state index contributed by atoms with van der Waals surface area (Å²) in [5.41, 5.74) is 8.57. The van der Waals surface area contributed by atoms with Crippen molar-refractivity contribution in [3.8, 4) is 0 Å². The topological polar surface area (TPSA) is 53.6 Å². The highest BCUT2D eigenvalue weighted by Gasteiger charge is 2.16. The Kier molecular flexibility index (Phi) is 8.50. The van der Waals surface area contributed by atoms with Crippen molar-refractivity contribution in [2.45, 2.75) is 59.2 Å². The molecule has 0 aromatic heterocycles. The number of halogens is 1. The van der Waals surface area contributed by atoms with Gasteiger partial charge < -0.3 is 11.1 Å². The average Bonchev–Trinajstić information content (AvgIpc) is 2.47. The van der Waals surface area contributed by atoms with Crippen LogP contribution in [0.15, 0.2) is 29.3 Å². The molecule has 4 nitrogen and oxygen atoms in total. The van der Waals surface area contributed by atoms with Crippen molar-refractivity contribution in [3.63, 3.8) is 0 Å². The Morgan fingerprint density at radius 3 is 2.38 bits per heavy atom. The van der Waals surface area contributed by atoms with Crippen molar-refractivity contribution in [1.82, 2.24) is 10.2 Å². The maximum Gasteiger partial charge on any atom is 0.189 e. The Morgan fingerprint density at radius 1 is 1.21 bits per heavy atom. The number of rotatable bonds is 4. The van der Waals surface area contributed by atoms with Gasteiger partial charge in [0.2, 0.25) is 0 Å². The minimum atomic E-state index is -0.0579. The normalized spacial score (nSPS) is 17.4. The lowest BCUT2D eigenvalue weighted by Crippen LogP contribution is -2.45. The largest absolute Gasteiger partial charge is 0.370 e. The molecule has 1 fully saturated rings. The van der Waals surface area contributed by atoms with Gasteiger partial charge in [-0.05, 0) is 63.7 Å². The van der Waals surface area contributed by atoms with Crippen molar-refractivity contribution in [3.05, 3.63) is 35.4 Å². The number of nitrogens with zero attached hydrogens (tertiary/aromatic N) is 2. The first-order valence-corrected chi connectivity index (χ1v) is 8.71. The number of aliphatic imine (C=N–C) groups is 1. The van der Waals surface area contributed by atoms with E-state index in [1.165, 1.54) is 37.1 Å². The van der Waals surface area contributed by atoms with Gasteiger partial charge >= 0.3 is 0 Å². The van der Waals surface area contributed by atoms with E-state index in [0.717, 1.165) is 12.5 Å². The minimum absolute atomic E-state index is 0. The molecule has 2 rings (SSSR count). The van der Waals surface area contributed by atoms with E-state index in [-0.39, 0.29) is 29.5 Å². The molecule has 0 unspecified atom stereocenters. The zero-order valence-electron chi connectivity index (χ0n) is 15.5. The van der Waals surface area contributed by atoms with Gasteiger partial charge in [0, 0.05) is 12.1 Å². The van der Waals surface area contributed by atoms with E-state index >= 15 is 0 Å². The first-order chi connectivity index (χ1) is 10.8. The summed E-state index contributed by atoms with van der Waals surface area (Å²) in [5, 5.41) is 3.21. The second-order valence-corrected chi connectivity index (χ2v) is 7.80. The first-order valence-electron chi connectivity index (χ1n) is 8.71. The Hall–Kier alpha value is -0.820. The third-order valence-corrected chi connectivity index (χ3v) is 4.31. The fraction of sp³-hybridized carbons (Fsp3) is 0.632. The van der Waals surface area contributed by atoms with E-state index < -0.39 is 0 Å². The van der Waals surface area contributed by atoms with E-state index in [0.29, 0.717) is 12.5 Å². The zero-order chi connectivity index (χ0) is 16.9. The van der Waals surface area contributed by atoms with E-state index in [1.54, 1.807) is 0 Å². The van der Waals surface area contributed by atoms with E-state index in [4.69, 9.17) is 5.73 Å². The van der Waals surface area contributed by atoms with Crippen LogP contribution in [-0.2, 0) is 13.1 Å². The summed E-state index contributed by atoms with van der Waals surface area (Å²) in [6.45, 7) is 12.7. The molecule has 136 valence electrons. The fourth-order valence-electron chi connectivity index (χ4n) is 2.92. The molecule has 1 aromatic rings. The quantitative estimate of drug-likeness (QED) is 0.423. The molecule has 0 atom stereocenters. The molecule has 0 aliphatic carbocycles. The highest BCUT2D eigenvalue weighted by molar-refractivity contribution is 14.0. The molecular formula is C19H33IN4. The molecule has 0 saturated carbocycles. The van der Waals surface area contributed by atoms with Crippen molar-refractivity contribution in [2.24, 2.45) is 16.6 Å². The number of likely N-dealkylation sites (tertiary alicyclic amines) is 1. The van der Waals surface area contributed by atoms with Crippen LogP contribution in [-0.4, -0.2) is 29.5 Å². The summed E-state index contributed by atoms with van der Waals surface area (Å²) < 4.78 is 0. The molecule has 0 spiro atoms. The Labute approximate surface area is 164 Å². The molecule has 1 saturated heterocycles. The lowest BCUT2D eigenvalue weighted by Gasteiger charge is -2.30. The van der Waals surface area contributed by atoms with Crippen molar-refractivity contribution < 1.29 is 0 Å². The molecule has 24 heavy (non-hydrogen) atoms. The van der Waals surface area contributed by atoms with E-state index in [1.807, 2.05) is 0 Å². The summed E-state index contributed by atoms with van der Waals surface area (Å²) in [5.74, 6) is 1.38. The van der Waals surface area contributed by atoms with Crippen molar-refractivity contribution in [1.29, 1.82) is 0 Å². The van der Waals surface area contributed by atoms with Crippen LogP contribution >= 0.6 is 24.0 Å². The molecule has 1 heterocycles. The number of hydrogen-bond donors (Lipinski definition) is 2. The minimum Gasteiger partial charge on any atom is -0.370 e. The number of nitrogens with one attached hydrogen (secondary N) is 1. The molecule has 5 heteroatoms. The fourth-order valence-corrected chi connectivity index (χ4v) is 2.92. The van der Waals surface area contributed by atoms with Crippen molar-refractivity contribution >= 4 is 29.9 Å². The number of guanidine groups is 1. The molecule has 1 aliphatic heterocycles. The second-order valence-electron chi connectivity index (χ2n) is 7.80. The second kappa shape index (κ2) is 9.61. The van der Waals surface area contributed by atoms with Gasteiger partial charge in [-0.1, -0.05) is 31.2 Å². The molecule has 3 N–H and O–H groups in total. The van der Waals surface area contributed by atoms with Crippen LogP contribution < -0.4 is 11.1 Å². The zero-order valence-corrected chi connectivity index (χ0v) is 17.8. The summed E-state index contributed by atoms with van der Waals surface area (Å²) in [4.78, 5) is 7.07. The summed E-state index contributed by atoms with van der Waals surface area (Å²) in [6, 6.07) is 8.58. The SMILES string of the molecule is CC1CCN(Cc2ccccc2CN=C(N)NC(C)(C)C)CC1.I. The monoisotopic (exact) mass is 444 g/mol. The van der Waals surface area contributed by atoms with Crippen LogP contribution in [0.25, 0.3) is 0 Å². The number of benzene rings is 1. The molecule has 0 radical (unpaired) electrons. The Bertz CT molecular complexity index is 528. The first kappa shape index (κ1) is 21.2. The van der Waals surface area contributed by atoms with Gasteiger partial charge in [-0.15, -0.1) is 24.0 Å². The smallest absolute Gasteiger partial charge is 0.189 e. The third kappa shape index (κ3) is 7.38. The lowest BCUT2D eigenvalue weighted by molar-refractivity contribution is 0.185. The Morgan fingerprint density at radius 2 is 1.79 bits per heavy atom. The molecular weight excluding hydrogens is 411 g/mol. The van der Waals surface area contributed by atoms with Crippen LogP contribution in [0.4, 0.5) is 0 Å². The van der Waals surface area contributed by atoms with Crippen LogP contribution in [0.1, 0.15) is 51.7 Å². The predicted molar refractivity (Wildman–Crippen MR) is 114 cm³/mol. The van der Waals surface area contributed by atoms with E-state index in [9.17, 15) is 0 Å². The molecule has 1 aromatic carbocycles. The van der Waals surface area contributed by atoms with Crippen LogP contribution in [0.2, 0.25) is 0 Å². The van der Waals surface area contributed by atoms with Gasteiger partial charge in [-0.3, -0.25) is 4.90 Å². The molecule has 0 bridgehead atoms. The van der Waals surface area contributed by atoms with Gasteiger partial charge in [-0.25, -0.2) is 4.99 Å². The molecule has 0 amide bonds. The highest BCUT2D eigenvalue weighted by atomic mass is 127. The van der Waals surface area contributed by atoms with Crippen LogP contribution in [0.5, 0.6) is 0 Å². The molecule has 1 aliphatic rings. The average molecular weight is 444 g/mol. The van der Waals surface area contributed by atoms with Crippen LogP contribution in [0, 0.1) is 5.92 Å². The van der Waals surface area contributed by atoms with Gasteiger partial charge in [0.15, 0.2) is 5.96 Å². The van der Waals surface area contributed by atoms with Gasteiger partial charge in [0.1, 0.15) is 0 Å². The summed E-state index contributed by atoms with van der Waals surface area (Å²) in [6.07, 6.45) is 2.62. The van der Waals surface area contributed by atoms with Gasteiger partial charge in [-0.2, -0.15) is 0 Å². The number of piperidine rings is 1. The third-order valence-electron chi connectivity index (χ3n) is 4.31. The predicted octanol–water partition coefficient (Wildman–Crippen LogP) is 3.74. The summed E-state index contributed by atoms with van der Waals surface area (Å²) in [7, 11) is 0. The van der Waals surface area contributed by atoms with Crippen molar-refractivity contribution in [2.75, 3.05) is 13.1 Å². The maximum absolute atomic E-state index is 5.99. The number of hydrogen-bond acceptors (Lipinski definition) is 2.